The summed E-state index contributed by atoms with van der Waals surface area (Å²) >= 11 is 0. The lowest BCUT2D eigenvalue weighted by molar-refractivity contribution is 0.00634. The molecule has 0 radical (unpaired) electrons. The van der Waals surface area contributed by atoms with E-state index in [-0.39, 0.29) is 11.5 Å². The van der Waals surface area contributed by atoms with E-state index in [4.69, 9.17) is 4.74 Å². The number of carbonyl (C=O) groups is 2. The van der Waals surface area contributed by atoms with Crippen LogP contribution in [0.2, 0.25) is 0 Å². The predicted octanol–water partition coefficient (Wildman–Crippen LogP) is 1.18. The predicted molar refractivity (Wildman–Crippen MR) is 49.1 cm³/mol. The molecule has 0 atom stereocenters. The van der Waals surface area contributed by atoms with Crippen molar-refractivity contribution in [3.8, 4) is 0 Å². The highest BCUT2D eigenvalue weighted by molar-refractivity contribution is 5.88. The van der Waals surface area contributed by atoms with Gasteiger partial charge in [0.15, 0.2) is 12.1 Å². The van der Waals surface area contributed by atoms with Crippen molar-refractivity contribution in [1.29, 1.82) is 0 Å². The molecular weight excluding hydrogens is 184 g/mol. The first kappa shape index (κ1) is 10.4. The summed E-state index contributed by atoms with van der Waals surface area (Å²) in [6, 6.07) is 0. The maximum Gasteiger partial charge on any atom is 0.356 e. The Labute approximate surface area is 81.5 Å². The van der Waals surface area contributed by atoms with E-state index in [0.29, 0.717) is 6.29 Å². The molecule has 0 fully saturated rings. The molecule has 1 N–H and O–H groups in total. The Balaban J connectivity index is 2.75. The molecule has 0 saturated carbocycles. The third-order valence-electron chi connectivity index (χ3n) is 1.33. The summed E-state index contributed by atoms with van der Waals surface area (Å²) in [4.78, 5) is 27.9. The van der Waals surface area contributed by atoms with Crippen LogP contribution in [0, 0.1) is 0 Å². The largest absolute Gasteiger partial charge is 0.455 e. The average Bonchev–Trinajstić information content (AvgIpc) is 2.48. The number of imidazole rings is 1. The molecule has 0 spiro atoms. The zero-order valence-corrected chi connectivity index (χ0v) is 8.33. The summed E-state index contributed by atoms with van der Waals surface area (Å²) < 4.78 is 5.06. The number of esters is 1. The van der Waals surface area contributed by atoms with Gasteiger partial charge in [-0.25, -0.2) is 9.78 Å². The molecule has 76 valence electrons. The fourth-order valence-corrected chi connectivity index (χ4v) is 0.833. The zero-order chi connectivity index (χ0) is 10.8. The summed E-state index contributed by atoms with van der Waals surface area (Å²) in [5, 5.41) is 0. The zero-order valence-electron chi connectivity index (χ0n) is 8.33. The minimum Gasteiger partial charge on any atom is -0.455 e. The van der Waals surface area contributed by atoms with Gasteiger partial charge in [0.2, 0.25) is 0 Å². The van der Waals surface area contributed by atoms with Crippen LogP contribution in [0.15, 0.2) is 6.20 Å². The lowest BCUT2D eigenvalue weighted by Gasteiger charge is -2.18. The molecule has 0 unspecified atom stereocenters. The molecule has 1 aromatic heterocycles. The molecule has 0 aliphatic carbocycles. The quantitative estimate of drug-likeness (QED) is 0.569. The van der Waals surface area contributed by atoms with E-state index in [1.807, 2.05) is 0 Å². The van der Waals surface area contributed by atoms with Gasteiger partial charge in [0.1, 0.15) is 11.3 Å². The number of aromatic nitrogens is 2. The van der Waals surface area contributed by atoms with E-state index in [9.17, 15) is 9.59 Å². The number of rotatable bonds is 2. The molecule has 0 amide bonds. The van der Waals surface area contributed by atoms with Crippen LogP contribution >= 0.6 is 0 Å². The minimum atomic E-state index is -0.552. The van der Waals surface area contributed by atoms with Crippen molar-refractivity contribution in [1.82, 2.24) is 9.97 Å². The number of hydrogen-bond acceptors (Lipinski definition) is 4. The maximum absolute atomic E-state index is 11.4. The third-order valence-corrected chi connectivity index (χ3v) is 1.33. The molecule has 0 aliphatic heterocycles. The van der Waals surface area contributed by atoms with Crippen molar-refractivity contribution in [3.05, 3.63) is 17.7 Å². The van der Waals surface area contributed by atoms with E-state index in [1.165, 1.54) is 6.20 Å². The fraction of sp³-hybridized carbons (Fsp3) is 0.444. The van der Waals surface area contributed by atoms with Gasteiger partial charge in [-0.05, 0) is 20.8 Å². The molecule has 5 nitrogen and oxygen atoms in total. The Bertz CT molecular complexity index is 349. The lowest BCUT2D eigenvalue weighted by atomic mass is 10.2. The summed E-state index contributed by atoms with van der Waals surface area (Å²) in [5.74, 6) is -0.399. The van der Waals surface area contributed by atoms with Crippen LogP contribution < -0.4 is 0 Å². The Hall–Kier alpha value is -1.65. The van der Waals surface area contributed by atoms with Crippen molar-refractivity contribution in [2.24, 2.45) is 0 Å². The van der Waals surface area contributed by atoms with Crippen LogP contribution in [0.4, 0.5) is 0 Å². The first-order chi connectivity index (χ1) is 6.42. The third kappa shape index (κ3) is 2.69. The summed E-state index contributed by atoms with van der Waals surface area (Å²) in [7, 11) is 0. The van der Waals surface area contributed by atoms with Gasteiger partial charge in [-0.1, -0.05) is 0 Å². The molecule has 1 heterocycles. The van der Waals surface area contributed by atoms with Crippen LogP contribution in [0.3, 0.4) is 0 Å². The highest BCUT2D eigenvalue weighted by Crippen LogP contribution is 2.10. The van der Waals surface area contributed by atoms with Gasteiger partial charge in [-0.2, -0.15) is 0 Å². The standard InChI is InChI=1S/C9H12N2O3/c1-9(2,3)14-8(13)6-4-10-7(5-12)11-6/h4-5H,1-3H3,(H,10,11). The smallest absolute Gasteiger partial charge is 0.356 e. The summed E-state index contributed by atoms with van der Waals surface area (Å²) in [6.45, 7) is 5.30. The average molecular weight is 196 g/mol. The Kier molecular flexibility index (Phi) is 2.69. The minimum absolute atomic E-state index is 0.117. The Morgan fingerprint density at radius 3 is 2.64 bits per heavy atom. The second kappa shape index (κ2) is 3.61. The van der Waals surface area contributed by atoms with E-state index < -0.39 is 11.6 Å². The lowest BCUT2D eigenvalue weighted by Crippen LogP contribution is -2.24. The van der Waals surface area contributed by atoms with Gasteiger partial charge in [0.05, 0.1) is 6.20 Å². The SMILES string of the molecule is CC(C)(C)OC(=O)c1cnc(C=O)[nH]1. The van der Waals surface area contributed by atoms with E-state index in [1.54, 1.807) is 20.8 Å². The number of aldehydes is 1. The molecule has 1 rings (SSSR count). The van der Waals surface area contributed by atoms with Crippen LogP contribution in [0.25, 0.3) is 0 Å². The topological polar surface area (TPSA) is 72.0 Å². The second-order valence-corrected chi connectivity index (χ2v) is 3.80. The summed E-state index contributed by atoms with van der Waals surface area (Å²) in [6.07, 6.45) is 1.81. The monoisotopic (exact) mass is 196 g/mol. The number of aromatic amines is 1. The van der Waals surface area contributed by atoms with Gasteiger partial charge in [-0.3, -0.25) is 4.79 Å². The van der Waals surface area contributed by atoms with Crippen molar-refractivity contribution in [2.45, 2.75) is 26.4 Å². The van der Waals surface area contributed by atoms with Gasteiger partial charge in [0, 0.05) is 0 Å². The molecule has 14 heavy (non-hydrogen) atoms. The van der Waals surface area contributed by atoms with Crippen molar-refractivity contribution < 1.29 is 14.3 Å². The first-order valence-corrected chi connectivity index (χ1v) is 4.16. The number of nitrogens with zero attached hydrogens (tertiary/aromatic N) is 1. The van der Waals surface area contributed by atoms with Gasteiger partial charge >= 0.3 is 5.97 Å². The second-order valence-electron chi connectivity index (χ2n) is 3.80. The molecule has 5 heteroatoms. The van der Waals surface area contributed by atoms with Crippen molar-refractivity contribution in [2.75, 3.05) is 0 Å². The molecule has 0 saturated heterocycles. The molecule has 0 bridgehead atoms. The van der Waals surface area contributed by atoms with Crippen LogP contribution in [-0.2, 0) is 4.74 Å². The molecular formula is C9H12N2O3. The number of ether oxygens (including phenoxy) is 1. The number of H-pyrrole nitrogens is 1. The van der Waals surface area contributed by atoms with Gasteiger partial charge in [-0.15, -0.1) is 0 Å². The van der Waals surface area contributed by atoms with E-state index >= 15 is 0 Å². The van der Waals surface area contributed by atoms with E-state index in [2.05, 4.69) is 9.97 Å². The van der Waals surface area contributed by atoms with E-state index in [0.717, 1.165) is 0 Å². The number of nitrogens with one attached hydrogen (secondary N) is 1. The number of hydrogen-bond donors (Lipinski definition) is 1. The number of carbonyl (C=O) groups excluding carboxylic acids is 2. The maximum atomic E-state index is 11.4. The fourth-order valence-electron chi connectivity index (χ4n) is 0.833. The van der Waals surface area contributed by atoms with Gasteiger partial charge < -0.3 is 9.72 Å². The van der Waals surface area contributed by atoms with Crippen molar-refractivity contribution in [3.63, 3.8) is 0 Å². The van der Waals surface area contributed by atoms with Crippen LogP contribution in [0.1, 0.15) is 41.9 Å². The normalized spacial score (nSPS) is 11.1. The van der Waals surface area contributed by atoms with Crippen molar-refractivity contribution >= 4 is 12.3 Å². The Morgan fingerprint density at radius 2 is 2.21 bits per heavy atom. The molecule has 1 aromatic rings. The first-order valence-electron chi connectivity index (χ1n) is 4.16. The molecule has 0 aliphatic rings. The molecule has 0 aromatic carbocycles. The summed E-state index contributed by atoms with van der Waals surface area (Å²) in [5.41, 5.74) is -0.370. The highest BCUT2D eigenvalue weighted by atomic mass is 16.6. The Morgan fingerprint density at radius 1 is 1.57 bits per heavy atom. The van der Waals surface area contributed by atoms with Gasteiger partial charge in [0.25, 0.3) is 0 Å². The highest BCUT2D eigenvalue weighted by Gasteiger charge is 2.19. The van der Waals surface area contributed by atoms with Crippen LogP contribution in [-0.4, -0.2) is 27.8 Å². The van der Waals surface area contributed by atoms with Crippen LogP contribution in [0.5, 0.6) is 0 Å².